The Morgan fingerprint density at radius 2 is 1.03 bits per heavy atom. The standard InChI is InChI=1S/C28H25O2S/c1-22(2)21-29-23-13-15-24(16-14-23)30-25-17-19-28(20-18-25)31(26-9-5-3-6-10-26)27-11-7-4-8-12-27/h3-20H,1,21H2,2H3/q+1. The molecular formula is C28H25O2S+. The van der Waals surface area contributed by atoms with Crippen molar-refractivity contribution in [3.8, 4) is 17.2 Å². The van der Waals surface area contributed by atoms with Crippen LogP contribution in [0.25, 0.3) is 0 Å². The minimum atomic E-state index is -0.158. The molecule has 0 amide bonds. The summed E-state index contributed by atoms with van der Waals surface area (Å²) in [6.45, 7) is 6.32. The SMILES string of the molecule is C=C(C)COc1ccc(Oc2ccc([S+](c3ccccc3)c3ccccc3)cc2)cc1. The maximum absolute atomic E-state index is 6.04. The van der Waals surface area contributed by atoms with E-state index < -0.39 is 0 Å². The van der Waals surface area contributed by atoms with E-state index in [1.807, 2.05) is 43.3 Å². The highest BCUT2D eigenvalue weighted by molar-refractivity contribution is 7.97. The molecular weight excluding hydrogens is 400 g/mol. The van der Waals surface area contributed by atoms with E-state index in [4.69, 9.17) is 9.47 Å². The summed E-state index contributed by atoms with van der Waals surface area (Å²) in [5, 5.41) is 0. The molecule has 0 aliphatic heterocycles. The molecule has 0 heterocycles. The molecule has 0 saturated heterocycles. The van der Waals surface area contributed by atoms with Crippen molar-refractivity contribution in [2.45, 2.75) is 21.6 Å². The Hall–Kier alpha value is -3.43. The third kappa shape index (κ3) is 5.59. The first kappa shape index (κ1) is 20.8. The van der Waals surface area contributed by atoms with Crippen LogP contribution in [0.2, 0.25) is 0 Å². The highest BCUT2D eigenvalue weighted by atomic mass is 32.2. The summed E-state index contributed by atoms with van der Waals surface area (Å²) >= 11 is 0. The molecule has 0 spiro atoms. The second kappa shape index (κ2) is 10.1. The van der Waals surface area contributed by atoms with Gasteiger partial charge in [-0.15, -0.1) is 0 Å². The lowest BCUT2D eigenvalue weighted by molar-refractivity contribution is 0.352. The van der Waals surface area contributed by atoms with Crippen molar-refractivity contribution in [2.24, 2.45) is 0 Å². The van der Waals surface area contributed by atoms with E-state index in [9.17, 15) is 0 Å². The van der Waals surface area contributed by atoms with E-state index in [0.717, 1.165) is 22.8 Å². The van der Waals surface area contributed by atoms with Crippen LogP contribution in [-0.2, 0) is 10.9 Å². The smallest absolute Gasteiger partial charge is 0.166 e. The van der Waals surface area contributed by atoms with Crippen LogP contribution in [0.1, 0.15) is 6.92 Å². The van der Waals surface area contributed by atoms with E-state index in [0.29, 0.717) is 6.61 Å². The zero-order chi connectivity index (χ0) is 21.5. The van der Waals surface area contributed by atoms with Crippen LogP contribution in [-0.4, -0.2) is 6.61 Å². The Balaban J connectivity index is 1.52. The molecule has 4 aromatic rings. The van der Waals surface area contributed by atoms with Gasteiger partial charge in [0, 0.05) is 0 Å². The lowest BCUT2D eigenvalue weighted by atomic mass is 10.3. The maximum atomic E-state index is 6.04. The van der Waals surface area contributed by atoms with Gasteiger partial charge in [-0.05, 0) is 85.3 Å². The van der Waals surface area contributed by atoms with Crippen LogP contribution in [0.4, 0.5) is 0 Å². The van der Waals surface area contributed by atoms with Crippen molar-refractivity contribution in [3.05, 3.63) is 121 Å². The minimum absolute atomic E-state index is 0.158. The van der Waals surface area contributed by atoms with E-state index in [1.165, 1.54) is 14.7 Å². The molecule has 31 heavy (non-hydrogen) atoms. The van der Waals surface area contributed by atoms with Gasteiger partial charge < -0.3 is 9.47 Å². The number of rotatable bonds is 8. The summed E-state index contributed by atoms with van der Waals surface area (Å²) in [4.78, 5) is 3.86. The quantitative estimate of drug-likeness (QED) is 0.215. The normalized spacial score (nSPS) is 10.6. The lowest BCUT2D eigenvalue weighted by Gasteiger charge is -2.10. The van der Waals surface area contributed by atoms with Crippen LogP contribution < -0.4 is 9.47 Å². The zero-order valence-corrected chi connectivity index (χ0v) is 18.3. The topological polar surface area (TPSA) is 18.5 Å². The second-order valence-corrected chi connectivity index (χ2v) is 9.25. The molecule has 0 fully saturated rings. The van der Waals surface area contributed by atoms with Crippen molar-refractivity contribution < 1.29 is 9.47 Å². The molecule has 0 aromatic heterocycles. The summed E-state index contributed by atoms with van der Waals surface area (Å²) < 4.78 is 11.7. The van der Waals surface area contributed by atoms with Gasteiger partial charge in [-0.25, -0.2) is 0 Å². The van der Waals surface area contributed by atoms with Gasteiger partial charge in [-0.2, -0.15) is 0 Å². The van der Waals surface area contributed by atoms with Crippen LogP contribution in [0.15, 0.2) is 136 Å². The van der Waals surface area contributed by atoms with Crippen LogP contribution in [0.5, 0.6) is 17.2 Å². The van der Waals surface area contributed by atoms with Crippen LogP contribution in [0, 0.1) is 0 Å². The number of hydrogen-bond donors (Lipinski definition) is 0. The average molecular weight is 426 g/mol. The molecule has 4 aromatic carbocycles. The first-order valence-electron chi connectivity index (χ1n) is 10.2. The fourth-order valence-corrected chi connectivity index (χ4v) is 5.20. The number of benzene rings is 4. The van der Waals surface area contributed by atoms with Gasteiger partial charge in [-0.1, -0.05) is 43.0 Å². The zero-order valence-electron chi connectivity index (χ0n) is 17.5. The van der Waals surface area contributed by atoms with E-state index in [-0.39, 0.29) is 10.9 Å². The van der Waals surface area contributed by atoms with Crippen molar-refractivity contribution >= 4 is 10.9 Å². The van der Waals surface area contributed by atoms with Gasteiger partial charge in [0.1, 0.15) is 23.9 Å². The Morgan fingerprint density at radius 1 is 0.613 bits per heavy atom. The van der Waals surface area contributed by atoms with Gasteiger partial charge in [0.2, 0.25) is 0 Å². The molecule has 0 aliphatic carbocycles. The van der Waals surface area contributed by atoms with E-state index in [2.05, 4.69) is 79.4 Å². The van der Waals surface area contributed by atoms with Gasteiger partial charge in [0.25, 0.3) is 0 Å². The van der Waals surface area contributed by atoms with Crippen molar-refractivity contribution in [1.29, 1.82) is 0 Å². The third-order valence-electron chi connectivity index (χ3n) is 4.56. The van der Waals surface area contributed by atoms with Crippen molar-refractivity contribution in [2.75, 3.05) is 6.61 Å². The fraction of sp³-hybridized carbons (Fsp3) is 0.0714. The molecule has 0 aliphatic rings. The molecule has 3 heteroatoms. The summed E-state index contributed by atoms with van der Waals surface area (Å²) in [7, 11) is -0.158. The van der Waals surface area contributed by atoms with Crippen LogP contribution in [0.3, 0.4) is 0 Å². The predicted molar refractivity (Wildman–Crippen MR) is 128 cm³/mol. The van der Waals surface area contributed by atoms with Crippen LogP contribution >= 0.6 is 0 Å². The Morgan fingerprint density at radius 3 is 1.52 bits per heavy atom. The van der Waals surface area contributed by atoms with Crippen molar-refractivity contribution in [1.82, 2.24) is 0 Å². The highest BCUT2D eigenvalue weighted by Crippen LogP contribution is 2.33. The number of ether oxygens (including phenoxy) is 2. The molecule has 0 radical (unpaired) electrons. The monoisotopic (exact) mass is 425 g/mol. The molecule has 0 unspecified atom stereocenters. The largest absolute Gasteiger partial charge is 0.489 e. The lowest BCUT2D eigenvalue weighted by Crippen LogP contribution is -2.04. The highest BCUT2D eigenvalue weighted by Gasteiger charge is 2.28. The summed E-state index contributed by atoms with van der Waals surface area (Å²) in [5.74, 6) is 2.39. The molecule has 4 rings (SSSR count). The molecule has 154 valence electrons. The Labute approximate surface area is 187 Å². The molecule has 0 N–H and O–H groups in total. The fourth-order valence-electron chi connectivity index (χ4n) is 3.11. The molecule has 0 atom stereocenters. The Kier molecular flexibility index (Phi) is 6.75. The first-order chi connectivity index (χ1) is 15.2. The second-order valence-electron chi connectivity index (χ2n) is 7.22. The summed E-state index contributed by atoms with van der Waals surface area (Å²) in [6, 6.07) is 37.3. The first-order valence-corrected chi connectivity index (χ1v) is 11.4. The van der Waals surface area contributed by atoms with Gasteiger partial charge >= 0.3 is 0 Å². The molecule has 2 nitrogen and oxygen atoms in total. The molecule has 0 bridgehead atoms. The van der Waals surface area contributed by atoms with Gasteiger partial charge in [-0.3, -0.25) is 0 Å². The number of hydrogen-bond acceptors (Lipinski definition) is 2. The summed E-state index contributed by atoms with van der Waals surface area (Å²) in [6.07, 6.45) is 0. The van der Waals surface area contributed by atoms with Gasteiger partial charge in [0.05, 0.1) is 10.9 Å². The van der Waals surface area contributed by atoms with E-state index in [1.54, 1.807) is 0 Å². The maximum Gasteiger partial charge on any atom is 0.166 e. The average Bonchev–Trinajstić information content (AvgIpc) is 2.81. The summed E-state index contributed by atoms with van der Waals surface area (Å²) in [5.41, 5.74) is 0.991. The Bertz CT molecular complexity index is 1070. The molecule has 0 saturated carbocycles. The van der Waals surface area contributed by atoms with Gasteiger partial charge in [0.15, 0.2) is 14.7 Å². The minimum Gasteiger partial charge on any atom is -0.489 e. The van der Waals surface area contributed by atoms with E-state index >= 15 is 0 Å². The third-order valence-corrected chi connectivity index (χ3v) is 6.79. The predicted octanol–water partition coefficient (Wildman–Crippen LogP) is 7.53. The van der Waals surface area contributed by atoms with Crippen molar-refractivity contribution in [3.63, 3.8) is 0 Å².